The van der Waals surface area contributed by atoms with Crippen molar-refractivity contribution < 1.29 is 4.74 Å². The average Bonchev–Trinajstić information content (AvgIpc) is 3.25. The molecule has 3 heteroatoms. The van der Waals surface area contributed by atoms with E-state index in [2.05, 4.69) is 95.9 Å². The van der Waals surface area contributed by atoms with Gasteiger partial charge in [-0.3, -0.25) is 0 Å². The van der Waals surface area contributed by atoms with Crippen LogP contribution in [0, 0.1) is 5.92 Å². The number of anilines is 1. The van der Waals surface area contributed by atoms with Gasteiger partial charge in [-0.15, -0.1) is 0 Å². The summed E-state index contributed by atoms with van der Waals surface area (Å²) in [4.78, 5) is 2.72. The molecule has 0 fully saturated rings. The van der Waals surface area contributed by atoms with Gasteiger partial charge in [0.2, 0.25) is 0 Å². The van der Waals surface area contributed by atoms with Crippen molar-refractivity contribution in [1.29, 1.82) is 0 Å². The van der Waals surface area contributed by atoms with Crippen LogP contribution in [0.3, 0.4) is 0 Å². The molecule has 4 aromatic carbocycles. The first-order valence-electron chi connectivity index (χ1n) is 11.7. The molecule has 3 heterocycles. The molecule has 162 valence electrons. The summed E-state index contributed by atoms with van der Waals surface area (Å²) >= 11 is 6.48. The molecule has 0 saturated heterocycles. The lowest BCUT2D eigenvalue weighted by atomic mass is 9.70. The van der Waals surface area contributed by atoms with Crippen molar-refractivity contribution in [3.05, 3.63) is 130 Å². The van der Waals surface area contributed by atoms with E-state index >= 15 is 0 Å². The molecule has 4 atom stereocenters. The Morgan fingerprint density at radius 2 is 1.52 bits per heavy atom. The molecule has 0 aliphatic carbocycles. The van der Waals surface area contributed by atoms with Gasteiger partial charge in [-0.1, -0.05) is 90.5 Å². The van der Waals surface area contributed by atoms with Crippen LogP contribution in [0.25, 0.3) is 0 Å². The van der Waals surface area contributed by atoms with Gasteiger partial charge >= 0.3 is 0 Å². The molecule has 0 spiro atoms. The van der Waals surface area contributed by atoms with Crippen molar-refractivity contribution >= 4 is 17.3 Å². The van der Waals surface area contributed by atoms with E-state index in [0.29, 0.717) is 18.6 Å². The molecular weight excluding hydrogens is 426 g/mol. The second kappa shape index (κ2) is 7.40. The van der Waals surface area contributed by atoms with Crippen molar-refractivity contribution in [1.82, 2.24) is 0 Å². The standard InChI is InChI=1S/C30H24ClNO/c31-22-12-6-10-20(16-22)28-24-14-7-11-21-17-26(19-8-2-1-3-9-19)32(29(21)24)30-23-13-4-5-15-27(23)33-18-25(28)30/h1-16,25-26,28,30H,17-18H2/t25?,26-,28?,30?/m0/s1. The Bertz CT molecular complexity index is 1350. The topological polar surface area (TPSA) is 12.5 Å². The minimum atomic E-state index is 0.239. The van der Waals surface area contributed by atoms with E-state index < -0.39 is 0 Å². The predicted molar refractivity (Wildman–Crippen MR) is 133 cm³/mol. The molecule has 7 rings (SSSR count). The number of halogens is 1. The number of nitrogens with zero attached hydrogens (tertiary/aromatic N) is 1. The lowest BCUT2D eigenvalue weighted by molar-refractivity contribution is 0.166. The fraction of sp³-hybridized carbons (Fsp3) is 0.200. The number of ether oxygens (including phenoxy) is 1. The van der Waals surface area contributed by atoms with Gasteiger partial charge in [0.1, 0.15) is 5.75 Å². The van der Waals surface area contributed by atoms with Gasteiger partial charge < -0.3 is 9.64 Å². The number of rotatable bonds is 2. The highest BCUT2D eigenvalue weighted by Crippen LogP contribution is 2.60. The summed E-state index contributed by atoms with van der Waals surface area (Å²) in [5, 5.41) is 0.790. The molecule has 0 saturated carbocycles. The molecule has 0 radical (unpaired) electrons. The number of benzene rings is 4. The molecular formula is C30H24ClNO. The maximum absolute atomic E-state index is 6.48. The molecule has 33 heavy (non-hydrogen) atoms. The summed E-state index contributed by atoms with van der Waals surface area (Å²) in [6.07, 6.45) is 1.03. The largest absolute Gasteiger partial charge is 0.493 e. The van der Waals surface area contributed by atoms with Gasteiger partial charge in [0, 0.05) is 28.1 Å². The fourth-order valence-corrected chi connectivity index (χ4v) is 6.65. The maximum atomic E-state index is 6.48. The van der Waals surface area contributed by atoms with Crippen molar-refractivity contribution in [3.8, 4) is 5.75 Å². The molecule has 0 N–H and O–H groups in total. The molecule has 0 aromatic heterocycles. The summed E-state index contributed by atoms with van der Waals surface area (Å²) in [5.74, 6) is 1.55. The Morgan fingerprint density at radius 3 is 2.39 bits per heavy atom. The Kier molecular flexibility index (Phi) is 4.32. The minimum Gasteiger partial charge on any atom is -0.493 e. The number of fused-ring (bicyclic) bond motifs is 4. The van der Waals surface area contributed by atoms with E-state index in [0.717, 1.165) is 17.2 Å². The van der Waals surface area contributed by atoms with Crippen molar-refractivity contribution in [3.63, 3.8) is 0 Å². The van der Waals surface area contributed by atoms with Gasteiger partial charge in [-0.2, -0.15) is 0 Å². The molecule has 2 nitrogen and oxygen atoms in total. The first kappa shape index (κ1) is 19.3. The van der Waals surface area contributed by atoms with Crippen LogP contribution in [0.1, 0.15) is 45.8 Å². The van der Waals surface area contributed by atoms with Crippen LogP contribution in [0.15, 0.2) is 97.1 Å². The van der Waals surface area contributed by atoms with Crippen LogP contribution in [-0.4, -0.2) is 6.61 Å². The zero-order valence-electron chi connectivity index (χ0n) is 18.2. The summed E-state index contributed by atoms with van der Waals surface area (Å²) < 4.78 is 6.38. The number of para-hydroxylation sites is 2. The molecule has 4 aromatic rings. The van der Waals surface area contributed by atoms with E-state index in [4.69, 9.17) is 16.3 Å². The van der Waals surface area contributed by atoms with E-state index in [-0.39, 0.29) is 12.0 Å². The highest BCUT2D eigenvalue weighted by atomic mass is 35.5. The van der Waals surface area contributed by atoms with Gasteiger partial charge in [-0.25, -0.2) is 0 Å². The zero-order valence-corrected chi connectivity index (χ0v) is 19.0. The molecule has 3 aliphatic rings. The van der Waals surface area contributed by atoms with Crippen LogP contribution < -0.4 is 9.64 Å². The van der Waals surface area contributed by atoms with Gasteiger partial charge in [0.05, 0.1) is 18.7 Å². The van der Waals surface area contributed by atoms with Gasteiger partial charge in [0.25, 0.3) is 0 Å². The first-order chi connectivity index (χ1) is 16.3. The predicted octanol–water partition coefficient (Wildman–Crippen LogP) is 7.34. The van der Waals surface area contributed by atoms with Gasteiger partial charge in [0.15, 0.2) is 0 Å². The van der Waals surface area contributed by atoms with E-state index in [1.807, 2.05) is 6.07 Å². The highest BCUT2D eigenvalue weighted by Gasteiger charge is 2.51. The summed E-state index contributed by atoms with van der Waals surface area (Å²) in [5.41, 5.74) is 8.20. The monoisotopic (exact) mass is 449 g/mol. The van der Waals surface area contributed by atoms with Crippen molar-refractivity contribution in [2.45, 2.75) is 24.4 Å². The quantitative estimate of drug-likeness (QED) is 0.317. The second-order valence-corrected chi connectivity index (χ2v) is 9.82. The SMILES string of the molecule is Clc1cccc(C2c3cccc4c3N(C3c5ccccc5OCC23)[C@H](c2ccccc2)C4)c1. The van der Waals surface area contributed by atoms with Crippen LogP contribution >= 0.6 is 11.6 Å². The third-order valence-corrected chi connectivity index (χ3v) is 7.92. The van der Waals surface area contributed by atoms with Crippen LogP contribution in [0.2, 0.25) is 5.02 Å². The van der Waals surface area contributed by atoms with Crippen molar-refractivity contribution in [2.24, 2.45) is 5.92 Å². The maximum Gasteiger partial charge on any atom is 0.124 e. The third-order valence-electron chi connectivity index (χ3n) is 7.69. The normalized spacial score (nSPS) is 24.5. The average molecular weight is 450 g/mol. The zero-order chi connectivity index (χ0) is 21.9. The Labute approximate surface area is 199 Å². The van der Waals surface area contributed by atoms with Crippen LogP contribution in [0.5, 0.6) is 5.75 Å². The van der Waals surface area contributed by atoms with Crippen molar-refractivity contribution in [2.75, 3.05) is 11.5 Å². The Balaban J connectivity index is 1.49. The van der Waals surface area contributed by atoms with Crippen LogP contribution in [0.4, 0.5) is 5.69 Å². The summed E-state index contributed by atoms with van der Waals surface area (Å²) in [7, 11) is 0. The molecule has 3 unspecified atom stereocenters. The Hall–Kier alpha value is -3.23. The van der Waals surface area contributed by atoms with E-state index in [1.54, 1.807) is 0 Å². The van der Waals surface area contributed by atoms with E-state index in [1.165, 1.54) is 33.5 Å². The molecule has 0 bridgehead atoms. The minimum absolute atomic E-state index is 0.239. The highest BCUT2D eigenvalue weighted by molar-refractivity contribution is 6.30. The molecule has 0 amide bonds. The van der Waals surface area contributed by atoms with Gasteiger partial charge in [-0.05, 0) is 46.9 Å². The smallest absolute Gasteiger partial charge is 0.124 e. The third kappa shape index (κ3) is 2.87. The van der Waals surface area contributed by atoms with Crippen LogP contribution in [-0.2, 0) is 6.42 Å². The number of hydrogen-bond acceptors (Lipinski definition) is 2. The number of hydrogen-bond donors (Lipinski definition) is 0. The molecule has 3 aliphatic heterocycles. The first-order valence-corrected chi connectivity index (χ1v) is 12.1. The lowest BCUT2D eigenvalue weighted by Gasteiger charge is -2.50. The summed E-state index contributed by atoms with van der Waals surface area (Å²) in [6.45, 7) is 0.695. The van der Waals surface area contributed by atoms with E-state index in [9.17, 15) is 0 Å². The summed E-state index contributed by atoms with van der Waals surface area (Å²) in [6, 6.07) is 35.4. The Morgan fingerprint density at radius 1 is 0.758 bits per heavy atom. The second-order valence-electron chi connectivity index (χ2n) is 9.38. The fourth-order valence-electron chi connectivity index (χ4n) is 6.45. The lowest BCUT2D eigenvalue weighted by Crippen LogP contribution is -2.45.